The molecule has 0 amide bonds. The van der Waals surface area contributed by atoms with Gasteiger partial charge in [-0.2, -0.15) is 0 Å². The van der Waals surface area contributed by atoms with Crippen LogP contribution >= 0.6 is 0 Å². The van der Waals surface area contributed by atoms with Gasteiger partial charge in [-0.1, -0.05) is 36.4 Å². The second-order valence-corrected chi connectivity index (χ2v) is 8.52. The molecule has 5 heteroatoms. The molecule has 174 valence electrons. The molecular weight excluding hydrogens is 424 g/mol. The summed E-state index contributed by atoms with van der Waals surface area (Å²) in [6.45, 7) is 2.76. The molecule has 1 aliphatic rings. The molecule has 0 spiro atoms. The molecule has 0 unspecified atom stereocenters. The lowest BCUT2D eigenvalue weighted by molar-refractivity contribution is 0.217. The zero-order valence-electron chi connectivity index (χ0n) is 19.7. The third kappa shape index (κ3) is 4.66. The van der Waals surface area contributed by atoms with Gasteiger partial charge in [0.15, 0.2) is 0 Å². The Bertz CT molecular complexity index is 1240. The first-order valence-corrected chi connectivity index (χ1v) is 11.7. The molecule has 0 bridgehead atoms. The van der Waals surface area contributed by atoms with E-state index in [9.17, 15) is 0 Å². The molecule has 1 aliphatic heterocycles. The Morgan fingerprint density at radius 2 is 1.62 bits per heavy atom. The van der Waals surface area contributed by atoms with Gasteiger partial charge in [-0.15, -0.1) is 0 Å². The summed E-state index contributed by atoms with van der Waals surface area (Å²) in [5, 5.41) is 0. The average Bonchev–Trinajstić information content (AvgIpc) is 3.26. The van der Waals surface area contributed by atoms with Gasteiger partial charge < -0.3 is 18.8 Å². The number of nitrogens with zero attached hydrogens (tertiary/aromatic N) is 2. The number of hydrogen-bond donors (Lipinski definition) is 0. The van der Waals surface area contributed by atoms with Crippen LogP contribution in [0.1, 0.15) is 29.3 Å². The van der Waals surface area contributed by atoms with E-state index in [4.69, 9.17) is 14.2 Å². The number of methoxy groups -OCH3 is 2. The largest absolute Gasteiger partial charge is 0.497 e. The molecule has 0 saturated carbocycles. The predicted octanol–water partition coefficient (Wildman–Crippen LogP) is 6.29. The Labute approximate surface area is 201 Å². The van der Waals surface area contributed by atoms with Crippen molar-refractivity contribution in [2.45, 2.75) is 25.6 Å². The van der Waals surface area contributed by atoms with Crippen molar-refractivity contribution in [1.82, 2.24) is 9.47 Å². The first-order valence-electron chi connectivity index (χ1n) is 11.7. The molecule has 34 heavy (non-hydrogen) atoms. The maximum Gasteiger partial charge on any atom is 0.127 e. The van der Waals surface area contributed by atoms with Gasteiger partial charge >= 0.3 is 0 Å². The maximum atomic E-state index is 6.17. The lowest BCUT2D eigenvalue weighted by Crippen LogP contribution is -2.29. The SMILES string of the molecule is COc1ccc(CN2CCCn3cccc3[C@@H]2c2cccc(Oc3ccccc3)c2)c(OC)c1. The van der Waals surface area contributed by atoms with Crippen molar-refractivity contribution in [2.75, 3.05) is 20.8 Å². The summed E-state index contributed by atoms with van der Waals surface area (Å²) < 4.78 is 19.7. The van der Waals surface area contributed by atoms with Gasteiger partial charge in [-0.3, -0.25) is 4.90 Å². The van der Waals surface area contributed by atoms with Gasteiger partial charge in [0.1, 0.15) is 23.0 Å². The van der Waals surface area contributed by atoms with Crippen molar-refractivity contribution >= 4 is 0 Å². The van der Waals surface area contributed by atoms with Crippen LogP contribution in [0.3, 0.4) is 0 Å². The van der Waals surface area contributed by atoms with Crippen molar-refractivity contribution < 1.29 is 14.2 Å². The van der Waals surface area contributed by atoms with Crippen LogP contribution in [0, 0.1) is 0 Å². The number of aromatic nitrogens is 1. The van der Waals surface area contributed by atoms with E-state index < -0.39 is 0 Å². The third-order valence-corrected chi connectivity index (χ3v) is 6.37. The minimum absolute atomic E-state index is 0.101. The Balaban J connectivity index is 1.51. The summed E-state index contributed by atoms with van der Waals surface area (Å²) in [6, 6.07) is 28.9. The Morgan fingerprint density at radius 3 is 2.44 bits per heavy atom. The second kappa shape index (κ2) is 10.1. The van der Waals surface area contributed by atoms with Crippen LogP contribution in [0.4, 0.5) is 0 Å². The van der Waals surface area contributed by atoms with Crippen molar-refractivity contribution in [2.24, 2.45) is 0 Å². The molecule has 5 nitrogen and oxygen atoms in total. The summed E-state index contributed by atoms with van der Waals surface area (Å²) in [7, 11) is 3.39. The van der Waals surface area contributed by atoms with Gasteiger partial charge in [-0.25, -0.2) is 0 Å². The van der Waals surface area contributed by atoms with E-state index in [-0.39, 0.29) is 6.04 Å². The normalized spacial score (nSPS) is 15.9. The highest BCUT2D eigenvalue weighted by atomic mass is 16.5. The molecule has 0 aliphatic carbocycles. The van der Waals surface area contributed by atoms with E-state index in [2.05, 4.69) is 52.1 Å². The van der Waals surface area contributed by atoms with E-state index >= 15 is 0 Å². The highest BCUT2D eigenvalue weighted by molar-refractivity contribution is 5.42. The fourth-order valence-electron chi connectivity index (χ4n) is 4.77. The molecule has 4 aromatic rings. The van der Waals surface area contributed by atoms with Crippen LogP contribution < -0.4 is 14.2 Å². The van der Waals surface area contributed by atoms with Crippen LogP contribution in [0.15, 0.2) is 91.1 Å². The first-order chi connectivity index (χ1) is 16.7. The number of hydrogen-bond acceptors (Lipinski definition) is 4. The molecule has 0 saturated heterocycles. The lowest BCUT2D eigenvalue weighted by Gasteiger charge is -2.31. The molecule has 2 heterocycles. The van der Waals surface area contributed by atoms with E-state index in [1.165, 1.54) is 11.3 Å². The lowest BCUT2D eigenvalue weighted by atomic mass is 10.0. The molecule has 3 aromatic carbocycles. The zero-order valence-corrected chi connectivity index (χ0v) is 19.7. The standard InChI is InChI=1S/C29H30N2O3/c1-32-25-15-14-23(28(20-25)33-2)21-31-18-8-17-30-16-7-13-27(30)29(31)22-9-6-12-26(19-22)34-24-10-4-3-5-11-24/h3-7,9-16,19-20,29H,8,17-18,21H2,1-2H3/t29-/m0/s1. The maximum absolute atomic E-state index is 6.17. The van der Waals surface area contributed by atoms with Gasteiger partial charge in [0.05, 0.1) is 20.3 Å². The monoisotopic (exact) mass is 454 g/mol. The molecule has 0 fully saturated rings. The Morgan fingerprint density at radius 1 is 0.765 bits per heavy atom. The Hall–Kier alpha value is -3.70. The van der Waals surface area contributed by atoms with Crippen LogP contribution in [-0.2, 0) is 13.1 Å². The summed E-state index contributed by atoms with van der Waals surface area (Å²) in [5.41, 5.74) is 3.65. The number of benzene rings is 3. The number of aryl methyl sites for hydroxylation is 1. The summed E-state index contributed by atoms with van der Waals surface area (Å²) >= 11 is 0. The van der Waals surface area contributed by atoms with E-state index in [0.717, 1.165) is 54.6 Å². The smallest absolute Gasteiger partial charge is 0.127 e. The van der Waals surface area contributed by atoms with E-state index in [0.29, 0.717) is 0 Å². The molecular formula is C29H30N2O3. The van der Waals surface area contributed by atoms with Crippen molar-refractivity contribution in [1.29, 1.82) is 0 Å². The summed E-state index contributed by atoms with van der Waals surface area (Å²) in [5.74, 6) is 3.32. The van der Waals surface area contributed by atoms with Crippen LogP contribution in [-0.4, -0.2) is 30.2 Å². The van der Waals surface area contributed by atoms with Crippen molar-refractivity contribution in [3.63, 3.8) is 0 Å². The van der Waals surface area contributed by atoms with Crippen LogP contribution in [0.25, 0.3) is 0 Å². The second-order valence-electron chi connectivity index (χ2n) is 8.52. The molecule has 5 rings (SSSR count). The minimum atomic E-state index is 0.101. The predicted molar refractivity (Wildman–Crippen MR) is 134 cm³/mol. The molecule has 1 atom stereocenters. The summed E-state index contributed by atoms with van der Waals surface area (Å²) in [6.07, 6.45) is 3.26. The average molecular weight is 455 g/mol. The Kier molecular flexibility index (Phi) is 6.54. The van der Waals surface area contributed by atoms with Crippen molar-refractivity contribution in [3.05, 3.63) is 108 Å². The number of rotatable bonds is 7. The molecule has 1 aromatic heterocycles. The van der Waals surface area contributed by atoms with Crippen molar-refractivity contribution in [3.8, 4) is 23.0 Å². The molecule has 0 N–H and O–H groups in total. The highest BCUT2D eigenvalue weighted by Gasteiger charge is 2.28. The topological polar surface area (TPSA) is 35.9 Å². The van der Waals surface area contributed by atoms with Crippen LogP contribution in [0.5, 0.6) is 23.0 Å². The first kappa shape index (κ1) is 22.1. The molecule has 0 radical (unpaired) electrons. The third-order valence-electron chi connectivity index (χ3n) is 6.37. The number of ether oxygens (including phenoxy) is 3. The quantitative estimate of drug-likeness (QED) is 0.329. The van der Waals surface area contributed by atoms with Gasteiger partial charge in [0, 0.05) is 43.2 Å². The highest BCUT2D eigenvalue weighted by Crippen LogP contribution is 2.36. The number of fused-ring (bicyclic) bond motifs is 1. The minimum Gasteiger partial charge on any atom is -0.497 e. The van der Waals surface area contributed by atoms with Crippen LogP contribution in [0.2, 0.25) is 0 Å². The fraction of sp³-hybridized carbons (Fsp3) is 0.241. The van der Waals surface area contributed by atoms with Gasteiger partial charge in [-0.05, 0) is 54.4 Å². The summed E-state index contributed by atoms with van der Waals surface area (Å²) in [4.78, 5) is 2.53. The van der Waals surface area contributed by atoms with Gasteiger partial charge in [0.2, 0.25) is 0 Å². The van der Waals surface area contributed by atoms with E-state index in [1.807, 2.05) is 48.5 Å². The zero-order chi connectivity index (χ0) is 23.3. The van der Waals surface area contributed by atoms with E-state index in [1.54, 1.807) is 14.2 Å². The van der Waals surface area contributed by atoms with Gasteiger partial charge in [0.25, 0.3) is 0 Å². The number of para-hydroxylation sites is 1. The fourth-order valence-corrected chi connectivity index (χ4v) is 4.77.